The predicted molar refractivity (Wildman–Crippen MR) is 135 cm³/mol. The van der Waals surface area contributed by atoms with E-state index in [1.807, 2.05) is 0 Å². The summed E-state index contributed by atoms with van der Waals surface area (Å²) in [5, 5.41) is 2.60. The van der Waals surface area contributed by atoms with E-state index >= 15 is 0 Å². The Morgan fingerprint density at radius 1 is 1.08 bits per heavy atom. The fraction of sp³-hybridized carbons (Fsp3) is 0.458. The van der Waals surface area contributed by atoms with E-state index < -0.39 is 41.6 Å². The van der Waals surface area contributed by atoms with Crippen molar-refractivity contribution in [3.8, 4) is 0 Å². The second-order valence-corrected chi connectivity index (χ2v) is 12.7. The first-order valence-corrected chi connectivity index (χ1v) is 15.4. The number of amides is 1. The van der Waals surface area contributed by atoms with Crippen LogP contribution < -0.4 is 5.32 Å². The van der Waals surface area contributed by atoms with Crippen LogP contribution in [0.4, 0.5) is 14.6 Å². The summed E-state index contributed by atoms with van der Waals surface area (Å²) in [6.07, 6.45) is 1.75. The standard InChI is InChI=1S/C24H30F2N3O6PS/c1-4-34-36(31,35-5-2)15-18-13-28-23(14-27-18)29-24(30)20(10-16-11-21(25)22(26)12-16)17-6-8-19(9-7-17)37(3,32)33/h6-10,13-14,16,21-22H,4-5,11-12,15H2,1-3H3,(H,28,29,30)/b20-10+/t16?,21-,22+. The van der Waals surface area contributed by atoms with Crippen molar-refractivity contribution in [3.63, 3.8) is 0 Å². The third-order valence-corrected chi connectivity index (χ3v) is 8.79. The fourth-order valence-electron chi connectivity index (χ4n) is 3.93. The molecule has 13 heteroatoms. The van der Waals surface area contributed by atoms with Gasteiger partial charge >= 0.3 is 7.60 Å². The molecule has 3 atom stereocenters. The van der Waals surface area contributed by atoms with E-state index in [1.165, 1.54) is 42.7 Å². The van der Waals surface area contributed by atoms with Gasteiger partial charge in [0.15, 0.2) is 15.7 Å². The van der Waals surface area contributed by atoms with E-state index in [4.69, 9.17) is 9.05 Å². The summed E-state index contributed by atoms with van der Waals surface area (Å²) in [7, 11) is -6.84. The molecule has 2 aromatic rings. The van der Waals surface area contributed by atoms with Crippen LogP contribution in [0.2, 0.25) is 0 Å². The molecule has 37 heavy (non-hydrogen) atoms. The number of aromatic nitrogens is 2. The van der Waals surface area contributed by atoms with E-state index in [0.29, 0.717) is 11.3 Å². The lowest BCUT2D eigenvalue weighted by Crippen LogP contribution is -2.16. The van der Waals surface area contributed by atoms with Gasteiger partial charge in [-0.1, -0.05) is 18.2 Å². The molecule has 1 heterocycles. The highest BCUT2D eigenvalue weighted by Gasteiger charge is 2.34. The number of alkyl halides is 2. The molecule has 0 spiro atoms. The molecular formula is C24H30F2N3O6PS. The molecule has 0 radical (unpaired) electrons. The summed E-state index contributed by atoms with van der Waals surface area (Å²) in [6, 6.07) is 5.65. The number of rotatable bonds is 11. The monoisotopic (exact) mass is 557 g/mol. The van der Waals surface area contributed by atoms with Crippen molar-refractivity contribution in [3.05, 3.63) is 54.0 Å². The van der Waals surface area contributed by atoms with Gasteiger partial charge in [0.1, 0.15) is 12.3 Å². The molecule has 1 fully saturated rings. The van der Waals surface area contributed by atoms with Crippen molar-refractivity contribution < 1.29 is 35.6 Å². The van der Waals surface area contributed by atoms with Crippen LogP contribution in [0.5, 0.6) is 0 Å². The van der Waals surface area contributed by atoms with E-state index in [9.17, 15) is 26.6 Å². The molecule has 1 saturated carbocycles. The maximum Gasteiger partial charge on any atom is 0.336 e. The molecule has 1 N–H and O–H groups in total. The molecule has 202 valence electrons. The third kappa shape index (κ3) is 7.98. The molecule has 1 unspecified atom stereocenters. The van der Waals surface area contributed by atoms with Gasteiger partial charge in [0.05, 0.1) is 42.4 Å². The van der Waals surface area contributed by atoms with Crippen LogP contribution in [0.25, 0.3) is 5.57 Å². The lowest BCUT2D eigenvalue weighted by Gasteiger charge is -2.16. The smallest absolute Gasteiger partial charge is 0.309 e. The molecule has 1 aliphatic carbocycles. The van der Waals surface area contributed by atoms with Crippen LogP contribution >= 0.6 is 7.60 Å². The maximum atomic E-state index is 13.8. The topological polar surface area (TPSA) is 125 Å². The fourth-order valence-corrected chi connectivity index (χ4v) is 6.17. The van der Waals surface area contributed by atoms with Crippen LogP contribution in [0.15, 0.2) is 47.6 Å². The van der Waals surface area contributed by atoms with Gasteiger partial charge in [0.2, 0.25) is 0 Å². The Labute approximate surface area is 215 Å². The summed E-state index contributed by atoms with van der Waals surface area (Å²) >= 11 is 0. The van der Waals surface area contributed by atoms with E-state index in [-0.39, 0.29) is 48.5 Å². The molecule has 0 bridgehead atoms. The van der Waals surface area contributed by atoms with Gasteiger partial charge in [0.25, 0.3) is 5.91 Å². The molecule has 1 aromatic heterocycles. The molecular weight excluding hydrogens is 527 g/mol. The van der Waals surface area contributed by atoms with Crippen LogP contribution in [0, 0.1) is 5.92 Å². The minimum atomic E-state index is -3.45. The van der Waals surface area contributed by atoms with Gasteiger partial charge in [0, 0.05) is 11.8 Å². The lowest BCUT2D eigenvalue weighted by molar-refractivity contribution is -0.111. The maximum absolute atomic E-state index is 13.8. The van der Waals surface area contributed by atoms with Gasteiger partial charge in [-0.05, 0) is 50.3 Å². The highest BCUT2D eigenvalue weighted by molar-refractivity contribution is 7.90. The first kappa shape index (κ1) is 29.0. The summed E-state index contributed by atoms with van der Waals surface area (Å²) in [5.74, 6) is -1.03. The number of nitrogens with zero attached hydrogens (tertiary/aromatic N) is 2. The summed E-state index contributed by atoms with van der Waals surface area (Å²) in [6.45, 7) is 3.80. The number of hydrogen-bond donors (Lipinski definition) is 1. The van der Waals surface area contributed by atoms with Crippen molar-refractivity contribution in [1.82, 2.24) is 9.97 Å². The van der Waals surface area contributed by atoms with Crippen LogP contribution in [0.3, 0.4) is 0 Å². The van der Waals surface area contributed by atoms with E-state index in [2.05, 4.69) is 15.3 Å². The normalized spacial score (nSPS) is 20.7. The number of benzene rings is 1. The minimum Gasteiger partial charge on any atom is -0.309 e. The Kier molecular flexibility index (Phi) is 9.68. The Morgan fingerprint density at radius 3 is 2.16 bits per heavy atom. The number of anilines is 1. The number of sulfone groups is 1. The van der Waals surface area contributed by atoms with Crippen molar-refractivity contribution in [1.29, 1.82) is 0 Å². The van der Waals surface area contributed by atoms with Gasteiger partial charge in [-0.15, -0.1) is 0 Å². The van der Waals surface area contributed by atoms with E-state index in [0.717, 1.165) is 6.26 Å². The zero-order chi connectivity index (χ0) is 27.2. The molecule has 3 rings (SSSR count). The quantitative estimate of drug-likeness (QED) is 0.310. The van der Waals surface area contributed by atoms with Crippen molar-refractivity contribution in [2.75, 3.05) is 24.8 Å². The second kappa shape index (κ2) is 12.3. The molecule has 0 saturated heterocycles. The minimum absolute atomic E-state index is 0.0619. The molecule has 1 aromatic carbocycles. The Bertz CT molecular complexity index is 1250. The lowest BCUT2D eigenvalue weighted by atomic mass is 9.98. The Balaban J connectivity index is 1.83. The van der Waals surface area contributed by atoms with Crippen molar-refractivity contribution >= 4 is 34.7 Å². The van der Waals surface area contributed by atoms with Gasteiger partial charge in [-0.3, -0.25) is 14.3 Å². The van der Waals surface area contributed by atoms with Crippen LogP contribution in [-0.2, 0) is 34.4 Å². The summed E-state index contributed by atoms with van der Waals surface area (Å²) < 4.78 is 74.4. The van der Waals surface area contributed by atoms with Crippen molar-refractivity contribution in [2.24, 2.45) is 5.92 Å². The summed E-state index contributed by atoms with van der Waals surface area (Å²) in [4.78, 5) is 21.6. The molecule has 1 amide bonds. The Hall–Kier alpha value is -2.53. The SMILES string of the molecule is CCOP(=O)(Cc1cnc(NC(=O)/C(=C/C2C[C@@H](F)[C@@H](F)C2)c2ccc(S(C)(=O)=O)cc2)cn1)OCC. The Morgan fingerprint density at radius 2 is 1.68 bits per heavy atom. The molecule has 1 aliphatic rings. The molecule has 9 nitrogen and oxygen atoms in total. The zero-order valence-electron chi connectivity index (χ0n) is 20.8. The average Bonchev–Trinajstić information content (AvgIpc) is 3.15. The zero-order valence-corrected chi connectivity index (χ0v) is 22.5. The average molecular weight is 558 g/mol. The van der Waals surface area contributed by atoms with Crippen LogP contribution in [0.1, 0.15) is 37.9 Å². The number of hydrogen-bond acceptors (Lipinski definition) is 8. The third-order valence-electron chi connectivity index (χ3n) is 5.64. The number of carbonyl (C=O) groups is 1. The number of allylic oxidation sites excluding steroid dienone is 1. The van der Waals surface area contributed by atoms with Gasteiger partial charge < -0.3 is 14.4 Å². The number of nitrogens with one attached hydrogen (secondary N) is 1. The van der Waals surface area contributed by atoms with Crippen LogP contribution in [-0.4, -0.2) is 56.1 Å². The highest BCUT2D eigenvalue weighted by atomic mass is 32.2. The van der Waals surface area contributed by atoms with Crippen molar-refractivity contribution in [2.45, 2.75) is 50.1 Å². The van der Waals surface area contributed by atoms with E-state index in [1.54, 1.807) is 13.8 Å². The molecule has 0 aliphatic heterocycles. The predicted octanol–water partition coefficient (Wildman–Crippen LogP) is 4.75. The first-order valence-electron chi connectivity index (χ1n) is 11.7. The van der Waals surface area contributed by atoms with Gasteiger partial charge in [-0.2, -0.15) is 0 Å². The summed E-state index contributed by atoms with van der Waals surface area (Å²) in [5.41, 5.74) is 0.834. The second-order valence-electron chi connectivity index (χ2n) is 8.59. The highest BCUT2D eigenvalue weighted by Crippen LogP contribution is 2.50. The number of halogens is 2. The number of carbonyl (C=O) groups excluding carboxylic acids is 1. The first-order chi connectivity index (χ1) is 17.4. The largest absolute Gasteiger partial charge is 0.336 e. The van der Waals surface area contributed by atoms with Gasteiger partial charge in [-0.25, -0.2) is 22.2 Å².